The summed E-state index contributed by atoms with van der Waals surface area (Å²) in [4.78, 5) is 0. The van der Waals surface area contributed by atoms with Crippen LogP contribution in [0.1, 0.15) is 11.1 Å². The van der Waals surface area contributed by atoms with Crippen molar-refractivity contribution in [1.29, 1.82) is 0 Å². The van der Waals surface area contributed by atoms with Gasteiger partial charge in [0.05, 0.1) is 13.7 Å². The van der Waals surface area contributed by atoms with Gasteiger partial charge in [-0.05, 0) is 23.8 Å². The summed E-state index contributed by atoms with van der Waals surface area (Å²) in [5.74, 6) is 0.243. The lowest BCUT2D eigenvalue weighted by Crippen LogP contribution is -2.05. The summed E-state index contributed by atoms with van der Waals surface area (Å²) < 4.78 is 34.0. The van der Waals surface area contributed by atoms with Gasteiger partial charge >= 0.3 is 6.61 Å². The van der Waals surface area contributed by atoms with Gasteiger partial charge in [0.25, 0.3) is 0 Å². The molecule has 0 radical (unpaired) electrons. The molecule has 0 aliphatic heterocycles. The number of halogens is 2. The average Bonchev–Trinajstić information content (AvgIpc) is 2.53. The Bertz CT molecular complexity index is 620. The summed E-state index contributed by atoms with van der Waals surface area (Å²) in [6.45, 7) is -2.50. The van der Waals surface area contributed by atoms with E-state index in [1.54, 1.807) is 12.1 Å². The number of nitrogens with one attached hydrogen (secondary N) is 1. The minimum atomic E-state index is -2.89. The second kappa shape index (κ2) is 7.61. The maximum Gasteiger partial charge on any atom is 0.387 e. The molecule has 0 unspecified atom stereocenters. The molecular formula is C16H17F2NO3. The number of aliphatic hydroxyl groups excluding tert-OH is 1. The Morgan fingerprint density at radius 1 is 1.14 bits per heavy atom. The highest BCUT2D eigenvalue weighted by Gasteiger charge is 2.11. The van der Waals surface area contributed by atoms with E-state index in [-0.39, 0.29) is 18.1 Å². The Morgan fingerprint density at radius 2 is 1.91 bits per heavy atom. The molecule has 0 aromatic heterocycles. The van der Waals surface area contributed by atoms with Gasteiger partial charge in [0.15, 0.2) is 11.5 Å². The van der Waals surface area contributed by atoms with Gasteiger partial charge in [-0.1, -0.05) is 24.3 Å². The van der Waals surface area contributed by atoms with E-state index in [0.717, 1.165) is 16.8 Å². The number of para-hydroxylation sites is 1. The number of rotatable bonds is 7. The summed E-state index contributed by atoms with van der Waals surface area (Å²) >= 11 is 0. The van der Waals surface area contributed by atoms with Crippen LogP contribution in [0.4, 0.5) is 14.5 Å². The van der Waals surface area contributed by atoms with Gasteiger partial charge < -0.3 is 19.9 Å². The maximum atomic E-state index is 12.3. The van der Waals surface area contributed by atoms with E-state index in [1.165, 1.54) is 13.2 Å². The number of methoxy groups -OCH3 is 1. The van der Waals surface area contributed by atoms with Gasteiger partial charge in [0.2, 0.25) is 0 Å². The van der Waals surface area contributed by atoms with Gasteiger partial charge in [0.1, 0.15) is 0 Å². The van der Waals surface area contributed by atoms with E-state index in [9.17, 15) is 13.9 Å². The Hall–Kier alpha value is -2.34. The molecule has 22 heavy (non-hydrogen) atoms. The van der Waals surface area contributed by atoms with Crippen molar-refractivity contribution in [2.45, 2.75) is 19.8 Å². The minimum absolute atomic E-state index is 0.00277. The lowest BCUT2D eigenvalue weighted by molar-refractivity contribution is -0.0512. The van der Waals surface area contributed by atoms with Crippen molar-refractivity contribution in [3.05, 3.63) is 53.6 Å². The van der Waals surface area contributed by atoms with Crippen molar-refractivity contribution in [2.24, 2.45) is 0 Å². The maximum absolute atomic E-state index is 12.3. The normalized spacial score (nSPS) is 10.6. The topological polar surface area (TPSA) is 50.7 Å². The molecule has 2 aromatic rings. The zero-order valence-electron chi connectivity index (χ0n) is 12.1. The molecule has 2 N–H and O–H groups in total. The Morgan fingerprint density at radius 3 is 2.59 bits per heavy atom. The van der Waals surface area contributed by atoms with Gasteiger partial charge in [-0.15, -0.1) is 0 Å². The lowest BCUT2D eigenvalue weighted by atomic mass is 10.1. The number of anilines is 1. The molecule has 0 bridgehead atoms. The summed E-state index contributed by atoms with van der Waals surface area (Å²) in [5.41, 5.74) is 2.44. The van der Waals surface area contributed by atoms with Crippen LogP contribution in [0, 0.1) is 0 Å². The Balaban J connectivity index is 2.10. The van der Waals surface area contributed by atoms with Crippen molar-refractivity contribution < 1.29 is 23.4 Å². The quantitative estimate of drug-likeness (QED) is 0.823. The van der Waals surface area contributed by atoms with Crippen LogP contribution in [0.5, 0.6) is 11.5 Å². The number of alkyl halides is 2. The predicted octanol–water partition coefficient (Wildman–Crippen LogP) is 3.40. The third-order valence-electron chi connectivity index (χ3n) is 3.11. The Labute approximate surface area is 127 Å². The molecule has 0 aliphatic rings. The van der Waals surface area contributed by atoms with Crippen molar-refractivity contribution in [3.8, 4) is 11.5 Å². The van der Waals surface area contributed by atoms with E-state index in [2.05, 4.69) is 10.1 Å². The third-order valence-corrected chi connectivity index (χ3v) is 3.11. The number of hydrogen-bond acceptors (Lipinski definition) is 4. The molecule has 0 aliphatic carbocycles. The molecule has 0 heterocycles. The molecule has 2 rings (SSSR count). The standard InChI is InChI=1S/C16H17F2NO3/c1-21-15-8-11(6-7-14(15)22-16(17)18)9-19-13-5-3-2-4-12(13)10-20/h2-8,16,19-20H,9-10H2,1H3. The molecule has 0 saturated carbocycles. The molecule has 0 atom stereocenters. The van der Waals surface area contributed by atoms with Crippen molar-refractivity contribution >= 4 is 5.69 Å². The van der Waals surface area contributed by atoms with Gasteiger partial charge in [-0.25, -0.2) is 0 Å². The van der Waals surface area contributed by atoms with Crippen LogP contribution in [-0.2, 0) is 13.2 Å². The second-order valence-electron chi connectivity index (χ2n) is 4.53. The first-order chi connectivity index (χ1) is 10.6. The van der Waals surface area contributed by atoms with Crippen LogP contribution in [-0.4, -0.2) is 18.8 Å². The van der Waals surface area contributed by atoms with Crippen LogP contribution >= 0.6 is 0 Å². The van der Waals surface area contributed by atoms with Crippen molar-refractivity contribution in [3.63, 3.8) is 0 Å². The molecule has 0 amide bonds. The van der Waals surface area contributed by atoms with E-state index in [0.29, 0.717) is 6.54 Å². The SMILES string of the molecule is COc1cc(CNc2ccccc2CO)ccc1OC(F)F. The highest BCUT2D eigenvalue weighted by Crippen LogP contribution is 2.29. The highest BCUT2D eigenvalue weighted by molar-refractivity contribution is 5.52. The van der Waals surface area contributed by atoms with E-state index < -0.39 is 6.61 Å². The summed E-state index contributed by atoms with van der Waals surface area (Å²) in [5, 5.41) is 12.5. The molecular weight excluding hydrogens is 292 g/mol. The molecule has 118 valence electrons. The van der Waals surface area contributed by atoms with Gasteiger partial charge in [-0.3, -0.25) is 0 Å². The van der Waals surface area contributed by atoms with Crippen LogP contribution in [0.3, 0.4) is 0 Å². The van der Waals surface area contributed by atoms with Gasteiger partial charge in [-0.2, -0.15) is 8.78 Å². The zero-order chi connectivity index (χ0) is 15.9. The largest absolute Gasteiger partial charge is 0.493 e. The van der Waals surface area contributed by atoms with Crippen LogP contribution < -0.4 is 14.8 Å². The molecule has 2 aromatic carbocycles. The fourth-order valence-electron chi connectivity index (χ4n) is 2.04. The zero-order valence-corrected chi connectivity index (χ0v) is 12.1. The molecule has 0 saturated heterocycles. The summed E-state index contributed by atoms with van der Waals surface area (Å²) in [6, 6.07) is 12.1. The predicted molar refractivity (Wildman–Crippen MR) is 79.3 cm³/mol. The number of hydrogen-bond donors (Lipinski definition) is 2. The number of aliphatic hydroxyl groups is 1. The molecule has 6 heteroatoms. The van der Waals surface area contributed by atoms with Crippen LogP contribution in [0.25, 0.3) is 0 Å². The summed E-state index contributed by atoms with van der Waals surface area (Å²) in [7, 11) is 1.39. The van der Waals surface area contributed by atoms with Crippen LogP contribution in [0.15, 0.2) is 42.5 Å². The molecule has 4 nitrogen and oxygen atoms in total. The third kappa shape index (κ3) is 4.08. The van der Waals surface area contributed by atoms with Crippen molar-refractivity contribution in [2.75, 3.05) is 12.4 Å². The fourth-order valence-corrected chi connectivity index (χ4v) is 2.04. The second-order valence-corrected chi connectivity index (χ2v) is 4.53. The van der Waals surface area contributed by atoms with E-state index >= 15 is 0 Å². The molecule has 0 spiro atoms. The Kier molecular flexibility index (Phi) is 5.55. The van der Waals surface area contributed by atoms with Crippen LogP contribution in [0.2, 0.25) is 0 Å². The summed E-state index contributed by atoms with van der Waals surface area (Å²) in [6.07, 6.45) is 0. The first-order valence-corrected chi connectivity index (χ1v) is 6.68. The van der Waals surface area contributed by atoms with Gasteiger partial charge in [0, 0.05) is 17.8 Å². The van der Waals surface area contributed by atoms with E-state index in [1.807, 2.05) is 24.3 Å². The molecule has 0 fully saturated rings. The number of benzene rings is 2. The average molecular weight is 309 g/mol. The highest BCUT2D eigenvalue weighted by atomic mass is 19.3. The first kappa shape index (κ1) is 16.0. The van der Waals surface area contributed by atoms with E-state index in [4.69, 9.17) is 4.74 Å². The lowest BCUT2D eigenvalue weighted by Gasteiger charge is -2.13. The smallest absolute Gasteiger partial charge is 0.387 e. The fraction of sp³-hybridized carbons (Fsp3) is 0.250. The monoisotopic (exact) mass is 309 g/mol. The first-order valence-electron chi connectivity index (χ1n) is 6.68. The minimum Gasteiger partial charge on any atom is -0.493 e. The number of ether oxygens (including phenoxy) is 2. The van der Waals surface area contributed by atoms with Crippen molar-refractivity contribution in [1.82, 2.24) is 0 Å².